The average Bonchev–Trinajstić information content (AvgIpc) is 3.17. The van der Waals surface area contributed by atoms with Gasteiger partial charge in [-0.2, -0.15) is 0 Å². The van der Waals surface area contributed by atoms with E-state index in [1.165, 1.54) is 25.9 Å². The lowest BCUT2D eigenvalue weighted by molar-refractivity contribution is 0.0780. The lowest BCUT2D eigenvalue weighted by atomic mass is 10.2. The van der Waals surface area contributed by atoms with Crippen LogP contribution < -0.4 is 11.3 Å². The van der Waals surface area contributed by atoms with Crippen molar-refractivity contribution in [2.75, 3.05) is 31.6 Å². The van der Waals surface area contributed by atoms with Crippen molar-refractivity contribution in [3.8, 4) is 0 Å². The molecule has 1 aromatic heterocycles. The van der Waals surface area contributed by atoms with Crippen molar-refractivity contribution in [2.45, 2.75) is 25.3 Å². The first-order valence-electron chi connectivity index (χ1n) is 7.34. The van der Waals surface area contributed by atoms with Gasteiger partial charge in [-0.15, -0.1) is 0 Å². The Hall–Kier alpha value is -1.18. The summed E-state index contributed by atoms with van der Waals surface area (Å²) in [6.45, 7) is 3.94. The van der Waals surface area contributed by atoms with Crippen LogP contribution >= 0.6 is 15.9 Å². The molecule has 0 aromatic carbocycles. The fourth-order valence-corrected chi connectivity index (χ4v) is 3.55. The maximum Gasteiger partial charge on any atom is 0.257 e. The third-order valence-corrected chi connectivity index (χ3v) is 4.76. The highest BCUT2D eigenvalue weighted by atomic mass is 79.9. The number of hydrogen-bond acceptors (Lipinski definition) is 5. The van der Waals surface area contributed by atoms with E-state index in [0.29, 0.717) is 17.4 Å². The molecule has 2 fully saturated rings. The zero-order chi connectivity index (χ0) is 14.8. The topological polar surface area (TPSA) is 74.5 Å². The molecule has 7 heteroatoms. The Labute approximate surface area is 132 Å². The normalized spacial score (nSPS) is 22.8. The Balaban J connectivity index is 1.72. The molecule has 3 N–H and O–H groups in total. The Morgan fingerprint density at radius 1 is 1.38 bits per heavy atom. The molecule has 1 atom stereocenters. The van der Waals surface area contributed by atoms with Gasteiger partial charge in [0, 0.05) is 29.8 Å². The molecule has 6 nitrogen and oxygen atoms in total. The van der Waals surface area contributed by atoms with E-state index >= 15 is 0 Å². The van der Waals surface area contributed by atoms with Gasteiger partial charge in [0.2, 0.25) is 0 Å². The molecule has 1 aromatic rings. The zero-order valence-electron chi connectivity index (χ0n) is 11.9. The van der Waals surface area contributed by atoms with Crippen molar-refractivity contribution in [2.24, 2.45) is 5.84 Å². The van der Waals surface area contributed by atoms with Gasteiger partial charge in [0.05, 0.1) is 5.56 Å². The Bertz CT molecular complexity index is 532. The number of nitrogens with two attached hydrogens (primary N) is 1. The Morgan fingerprint density at radius 3 is 2.86 bits per heavy atom. The minimum absolute atomic E-state index is 0.00144. The molecule has 2 aliphatic heterocycles. The van der Waals surface area contributed by atoms with Gasteiger partial charge in [0.1, 0.15) is 0 Å². The summed E-state index contributed by atoms with van der Waals surface area (Å²) in [6.07, 6.45) is 5.24. The first-order valence-corrected chi connectivity index (χ1v) is 8.14. The lowest BCUT2D eigenvalue weighted by Crippen LogP contribution is -2.37. The van der Waals surface area contributed by atoms with Gasteiger partial charge in [-0.25, -0.2) is 10.8 Å². The van der Waals surface area contributed by atoms with Crippen LogP contribution in [0.1, 0.15) is 29.6 Å². The van der Waals surface area contributed by atoms with Gasteiger partial charge in [0.25, 0.3) is 5.91 Å². The van der Waals surface area contributed by atoms with Gasteiger partial charge in [0.15, 0.2) is 5.82 Å². The lowest BCUT2D eigenvalue weighted by Gasteiger charge is -2.24. The van der Waals surface area contributed by atoms with Gasteiger partial charge in [-0.3, -0.25) is 9.69 Å². The van der Waals surface area contributed by atoms with Crippen LogP contribution in [-0.2, 0) is 0 Å². The molecular weight excluding hydrogens is 334 g/mol. The van der Waals surface area contributed by atoms with Crippen molar-refractivity contribution in [3.05, 3.63) is 22.3 Å². The molecule has 0 bridgehead atoms. The number of nitrogens with one attached hydrogen (secondary N) is 1. The monoisotopic (exact) mass is 353 g/mol. The average molecular weight is 354 g/mol. The number of hydrogen-bond donors (Lipinski definition) is 2. The van der Waals surface area contributed by atoms with E-state index < -0.39 is 0 Å². The van der Waals surface area contributed by atoms with Gasteiger partial charge < -0.3 is 10.3 Å². The number of hydrazine groups is 1. The van der Waals surface area contributed by atoms with Gasteiger partial charge in [-0.1, -0.05) is 0 Å². The summed E-state index contributed by atoms with van der Waals surface area (Å²) in [4.78, 5) is 21.3. The number of nitrogen functional groups attached to an aromatic ring is 1. The minimum atomic E-state index is -0.00144. The second kappa shape index (κ2) is 6.29. The molecule has 0 spiro atoms. The predicted octanol–water partition coefficient (Wildman–Crippen LogP) is 1.44. The quantitative estimate of drug-likeness (QED) is 0.635. The summed E-state index contributed by atoms with van der Waals surface area (Å²) < 4.78 is 0.778. The van der Waals surface area contributed by atoms with Crippen molar-refractivity contribution >= 4 is 27.7 Å². The van der Waals surface area contributed by atoms with Crippen LogP contribution in [0.15, 0.2) is 16.7 Å². The van der Waals surface area contributed by atoms with E-state index in [2.05, 4.69) is 31.2 Å². The molecule has 0 aliphatic carbocycles. The minimum Gasteiger partial charge on any atom is -0.337 e. The molecule has 0 saturated carbocycles. The van der Waals surface area contributed by atoms with Crippen molar-refractivity contribution in [1.29, 1.82) is 0 Å². The number of rotatable bonds is 3. The first kappa shape index (κ1) is 14.7. The van der Waals surface area contributed by atoms with Crippen LogP contribution in [0.25, 0.3) is 0 Å². The molecule has 2 aliphatic rings. The van der Waals surface area contributed by atoms with Crippen molar-refractivity contribution < 1.29 is 4.79 Å². The number of nitrogens with zero attached hydrogens (tertiary/aromatic N) is 3. The van der Waals surface area contributed by atoms with E-state index in [1.54, 1.807) is 12.3 Å². The molecule has 0 radical (unpaired) electrons. The summed E-state index contributed by atoms with van der Waals surface area (Å²) >= 11 is 3.36. The number of aromatic nitrogens is 1. The number of carbonyl (C=O) groups is 1. The molecule has 3 rings (SSSR count). The number of anilines is 1. The van der Waals surface area contributed by atoms with Crippen molar-refractivity contribution in [1.82, 2.24) is 14.8 Å². The fourth-order valence-electron chi connectivity index (χ4n) is 3.22. The highest BCUT2D eigenvalue weighted by Gasteiger charge is 2.32. The summed E-state index contributed by atoms with van der Waals surface area (Å²) in [5, 5.41) is 0. The second-order valence-corrected chi connectivity index (χ2v) is 6.55. The summed E-state index contributed by atoms with van der Waals surface area (Å²) in [6, 6.07) is 2.28. The fraction of sp³-hybridized carbons (Fsp3) is 0.571. The summed E-state index contributed by atoms with van der Waals surface area (Å²) in [7, 11) is 0. The Kier molecular flexibility index (Phi) is 4.42. The molecule has 114 valence electrons. The number of pyridine rings is 1. The standard InChI is InChI=1S/C14H20BrN5O/c15-10-7-12(13(18-16)17-8-10)14(21)20-6-3-11(9-20)19-4-1-2-5-19/h7-8,11H,1-6,9,16H2,(H,17,18). The van der Waals surface area contributed by atoms with E-state index in [1.807, 2.05) is 4.90 Å². The maximum absolute atomic E-state index is 12.7. The molecule has 21 heavy (non-hydrogen) atoms. The highest BCUT2D eigenvalue weighted by molar-refractivity contribution is 9.10. The van der Waals surface area contributed by atoms with Gasteiger partial charge in [-0.05, 0) is 54.3 Å². The SMILES string of the molecule is NNc1ncc(Br)cc1C(=O)N1CCC(N2CCCC2)C1. The molecule has 2 saturated heterocycles. The smallest absolute Gasteiger partial charge is 0.257 e. The first-order chi connectivity index (χ1) is 10.2. The molecule has 1 unspecified atom stereocenters. The predicted molar refractivity (Wildman–Crippen MR) is 84.9 cm³/mol. The highest BCUT2D eigenvalue weighted by Crippen LogP contribution is 2.24. The Morgan fingerprint density at radius 2 is 2.14 bits per heavy atom. The van der Waals surface area contributed by atoms with Crippen LogP contribution in [0, 0.1) is 0 Å². The van der Waals surface area contributed by atoms with Gasteiger partial charge >= 0.3 is 0 Å². The number of halogens is 1. The van der Waals surface area contributed by atoms with E-state index in [-0.39, 0.29) is 5.91 Å². The number of carbonyl (C=O) groups excluding carboxylic acids is 1. The van der Waals surface area contributed by atoms with Crippen molar-refractivity contribution in [3.63, 3.8) is 0 Å². The third kappa shape index (κ3) is 3.04. The van der Waals surface area contributed by atoms with Crippen LogP contribution in [0.2, 0.25) is 0 Å². The number of likely N-dealkylation sites (tertiary alicyclic amines) is 2. The van der Waals surface area contributed by atoms with Crippen LogP contribution in [0.3, 0.4) is 0 Å². The number of amides is 1. The maximum atomic E-state index is 12.7. The largest absolute Gasteiger partial charge is 0.337 e. The molecular formula is C14H20BrN5O. The third-order valence-electron chi connectivity index (χ3n) is 4.33. The zero-order valence-corrected chi connectivity index (χ0v) is 13.5. The van der Waals surface area contributed by atoms with E-state index in [0.717, 1.165) is 24.0 Å². The molecule has 1 amide bonds. The van der Waals surface area contributed by atoms with Crippen LogP contribution in [-0.4, -0.2) is 52.9 Å². The summed E-state index contributed by atoms with van der Waals surface area (Å²) in [5.74, 6) is 5.88. The molecule has 3 heterocycles. The van der Waals surface area contributed by atoms with Crippen LogP contribution in [0.5, 0.6) is 0 Å². The summed E-state index contributed by atoms with van der Waals surface area (Å²) in [5.41, 5.74) is 3.03. The van der Waals surface area contributed by atoms with E-state index in [4.69, 9.17) is 5.84 Å². The van der Waals surface area contributed by atoms with Crippen LogP contribution in [0.4, 0.5) is 5.82 Å². The second-order valence-electron chi connectivity index (χ2n) is 5.63. The van der Waals surface area contributed by atoms with E-state index in [9.17, 15) is 4.79 Å².